The van der Waals surface area contributed by atoms with Crippen molar-refractivity contribution < 1.29 is 14.3 Å². The molecule has 0 fully saturated rings. The van der Waals surface area contributed by atoms with Crippen molar-refractivity contribution >= 4 is 11.7 Å². The second-order valence-electron chi connectivity index (χ2n) is 3.87. The van der Waals surface area contributed by atoms with Crippen LogP contribution in [0.1, 0.15) is 15.9 Å². The first-order valence-corrected chi connectivity index (χ1v) is 5.47. The lowest BCUT2D eigenvalue weighted by atomic mass is 10.1. The molecular formula is C14H12FNO2. The van der Waals surface area contributed by atoms with Crippen molar-refractivity contribution in [1.82, 2.24) is 0 Å². The van der Waals surface area contributed by atoms with Gasteiger partial charge in [0.2, 0.25) is 0 Å². The molecule has 0 aliphatic rings. The van der Waals surface area contributed by atoms with Crippen molar-refractivity contribution in [2.24, 2.45) is 0 Å². The molecule has 0 heterocycles. The van der Waals surface area contributed by atoms with E-state index in [1.165, 1.54) is 12.1 Å². The van der Waals surface area contributed by atoms with E-state index in [0.717, 1.165) is 5.56 Å². The second-order valence-corrected chi connectivity index (χ2v) is 3.87. The van der Waals surface area contributed by atoms with Gasteiger partial charge >= 0.3 is 5.97 Å². The number of anilines is 1. The zero-order valence-electron chi connectivity index (χ0n) is 9.56. The van der Waals surface area contributed by atoms with Crippen LogP contribution in [0, 0.1) is 5.82 Å². The molecule has 0 aromatic heterocycles. The molecular weight excluding hydrogens is 233 g/mol. The Labute approximate surface area is 104 Å². The summed E-state index contributed by atoms with van der Waals surface area (Å²) in [6.45, 7) is 0.517. The fourth-order valence-corrected chi connectivity index (χ4v) is 1.57. The summed E-state index contributed by atoms with van der Waals surface area (Å²) in [7, 11) is 0. The number of carbonyl (C=O) groups is 1. The Bertz CT molecular complexity index is 552. The molecule has 0 atom stereocenters. The number of halogens is 1. The van der Waals surface area contributed by atoms with Crippen LogP contribution >= 0.6 is 0 Å². The average molecular weight is 245 g/mol. The molecule has 0 amide bonds. The third-order valence-electron chi connectivity index (χ3n) is 2.52. The van der Waals surface area contributed by atoms with Crippen LogP contribution in [0.25, 0.3) is 0 Å². The minimum atomic E-state index is -0.945. The SMILES string of the molecule is O=C(O)c1ccc(CNc2cccc(F)c2)cc1. The highest BCUT2D eigenvalue weighted by molar-refractivity contribution is 5.87. The molecule has 0 aliphatic carbocycles. The lowest BCUT2D eigenvalue weighted by molar-refractivity contribution is 0.0697. The Balaban J connectivity index is 2.00. The summed E-state index contributed by atoms with van der Waals surface area (Å²) in [6.07, 6.45) is 0. The number of carboxylic acids is 1. The van der Waals surface area contributed by atoms with Gasteiger partial charge in [0.15, 0.2) is 0 Å². The van der Waals surface area contributed by atoms with E-state index in [-0.39, 0.29) is 11.4 Å². The number of benzene rings is 2. The Morgan fingerprint density at radius 3 is 2.50 bits per heavy atom. The van der Waals surface area contributed by atoms with Gasteiger partial charge in [-0.1, -0.05) is 18.2 Å². The number of hydrogen-bond donors (Lipinski definition) is 2. The molecule has 92 valence electrons. The first-order valence-electron chi connectivity index (χ1n) is 5.47. The van der Waals surface area contributed by atoms with Gasteiger partial charge in [-0.25, -0.2) is 9.18 Å². The molecule has 18 heavy (non-hydrogen) atoms. The zero-order valence-corrected chi connectivity index (χ0v) is 9.56. The van der Waals surface area contributed by atoms with E-state index in [2.05, 4.69) is 5.32 Å². The molecule has 0 saturated carbocycles. The number of nitrogens with one attached hydrogen (secondary N) is 1. The highest BCUT2D eigenvalue weighted by Crippen LogP contribution is 2.11. The summed E-state index contributed by atoms with van der Waals surface area (Å²) in [4.78, 5) is 10.7. The molecule has 0 radical (unpaired) electrons. The first-order chi connectivity index (χ1) is 8.65. The van der Waals surface area contributed by atoms with Crippen LogP contribution in [-0.4, -0.2) is 11.1 Å². The van der Waals surface area contributed by atoms with Gasteiger partial charge in [-0.3, -0.25) is 0 Å². The third-order valence-corrected chi connectivity index (χ3v) is 2.52. The quantitative estimate of drug-likeness (QED) is 0.870. The van der Waals surface area contributed by atoms with Crippen LogP contribution in [-0.2, 0) is 6.54 Å². The van der Waals surface area contributed by atoms with Crippen LogP contribution in [0.15, 0.2) is 48.5 Å². The minimum absolute atomic E-state index is 0.254. The second kappa shape index (κ2) is 5.31. The molecule has 4 heteroatoms. The largest absolute Gasteiger partial charge is 0.478 e. The summed E-state index contributed by atoms with van der Waals surface area (Å²) in [6, 6.07) is 12.7. The fourth-order valence-electron chi connectivity index (χ4n) is 1.57. The maximum Gasteiger partial charge on any atom is 0.335 e. The summed E-state index contributed by atoms with van der Waals surface area (Å²) >= 11 is 0. The number of aromatic carboxylic acids is 1. The molecule has 2 aromatic rings. The van der Waals surface area contributed by atoms with Crippen molar-refractivity contribution in [2.45, 2.75) is 6.54 Å². The van der Waals surface area contributed by atoms with Crippen molar-refractivity contribution in [3.63, 3.8) is 0 Å². The molecule has 2 N–H and O–H groups in total. The first kappa shape index (κ1) is 12.1. The van der Waals surface area contributed by atoms with E-state index in [4.69, 9.17) is 5.11 Å². The summed E-state index contributed by atoms with van der Waals surface area (Å²) in [5.74, 6) is -1.24. The van der Waals surface area contributed by atoms with E-state index in [0.29, 0.717) is 12.2 Å². The number of rotatable bonds is 4. The van der Waals surface area contributed by atoms with Crippen molar-refractivity contribution in [1.29, 1.82) is 0 Å². The van der Waals surface area contributed by atoms with Crippen LogP contribution in [0.4, 0.5) is 10.1 Å². The lowest BCUT2D eigenvalue weighted by Crippen LogP contribution is -2.01. The molecule has 2 aromatic carbocycles. The Hall–Kier alpha value is -2.36. The third kappa shape index (κ3) is 3.07. The Morgan fingerprint density at radius 2 is 1.89 bits per heavy atom. The smallest absolute Gasteiger partial charge is 0.335 e. The predicted octanol–water partition coefficient (Wildman–Crippen LogP) is 3.14. The van der Waals surface area contributed by atoms with E-state index in [9.17, 15) is 9.18 Å². The average Bonchev–Trinajstić information content (AvgIpc) is 2.37. The van der Waals surface area contributed by atoms with E-state index >= 15 is 0 Å². The van der Waals surface area contributed by atoms with Gasteiger partial charge in [-0.05, 0) is 35.9 Å². The number of carboxylic acid groups (broad SMARTS) is 1. The monoisotopic (exact) mass is 245 g/mol. The predicted molar refractivity (Wildman–Crippen MR) is 67.1 cm³/mol. The van der Waals surface area contributed by atoms with E-state index in [1.54, 1.807) is 36.4 Å². The summed E-state index contributed by atoms with van der Waals surface area (Å²) < 4.78 is 12.9. The minimum Gasteiger partial charge on any atom is -0.478 e. The summed E-state index contributed by atoms with van der Waals surface area (Å²) in [5, 5.41) is 11.8. The standard InChI is InChI=1S/C14H12FNO2/c15-12-2-1-3-13(8-12)16-9-10-4-6-11(7-5-10)14(17)18/h1-8,16H,9H2,(H,17,18). The van der Waals surface area contributed by atoms with Crippen molar-refractivity contribution in [2.75, 3.05) is 5.32 Å². The molecule has 0 spiro atoms. The lowest BCUT2D eigenvalue weighted by Gasteiger charge is -2.06. The molecule has 2 rings (SSSR count). The molecule has 3 nitrogen and oxygen atoms in total. The Kier molecular flexibility index (Phi) is 3.57. The maximum atomic E-state index is 12.9. The van der Waals surface area contributed by atoms with Crippen LogP contribution in [0.5, 0.6) is 0 Å². The highest BCUT2D eigenvalue weighted by Gasteiger charge is 2.01. The van der Waals surface area contributed by atoms with Gasteiger partial charge in [0.1, 0.15) is 5.82 Å². The van der Waals surface area contributed by atoms with E-state index < -0.39 is 5.97 Å². The maximum absolute atomic E-state index is 12.9. The highest BCUT2D eigenvalue weighted by atomic mass is 19.1. The van der Waals surface area contributed by atoms with E-state index in [1.807, 2.05) is 0 Å². The molecule has 0 bridgehead atoms. The van der Waals surface area contributed by atoms with Crippen molar-refractivity contribution in [3.05, 3.63) is 65.5 Å². The fraction of sp³-hybridized carbons (Fsp3) is 0.0714. The summed E-state index contributed by atoms with van der Waals surface area (Å²) in [5.41, 5.74) is 1.88. The van der Waals surface area contributed by atoms with Gasteiger partial charge in [-0.15, -0.1) is 0 Å². The van der Waals surface area contributed by atoms with Crippen molar-refractivity contribution in [3.8, 4) is 0 Å². The normalized spacial score (nSPS) is 10.1. The Morgan fingerprint density at radius 1 is 1.17 bits per heavy atom. The van der Waals surface area contributed by atoms with Crippen LogP contribution in [0.2, 0.25) is 0 Å². The molecule has 0 unspecified atom stereocenters. The van der Waals surface area contributed by atoms with Gasteiger partial charge in [0.05, 0.1) is 5.56 Å². The van der Waals surface area contributed by atoms with Gasteiger partial charge in [-0.2, -0.15) is 0 Å². The van der Waals surface area contributed by atoms with Gasteiger partial charge < -0.3 is 10.4 Å². The molecule has 0 aliphatic heterocycles. The van der Waals surface area contributed by atoms with Crippen LogP contribution < -0.4 is 5.32 Å². The number of hydrogen-bond acceptors (Lipinski definition) is 2. The molecule has 0 saturated heterocycles. The van der Waals surface area contributed by atoms with Gasteiger partial charge in [0.25, 0.3) is 0 Å². The topological polar surface area (TPSA) is 49.3 Å². The van der Waals surface area contributed by atoms with Gasteiger partial charge in [0, 0.05) is 12.2 Å². The zero-order chi connectivity index (χ0) is 13.0. The van der Waals surface area contributed by atoms with Crippen LogP contribution in [0.3, 0.4) is 0 Å².